The predicted octanol–water partition coefficient (Wildman–Crippen LogP) is 4.69. The van der Waals surface area contributed by atoms with E-state index in [1.165, 1.54) is 7.11 Å². The molecule has 0 saturated carbocycles. The number of halogens is 1. The zero-order valence-electron chi connectivity index (χ0n) is 12.5. The van der Waals surface area contributed by atoms with Gasteiger partial charge in [-0.15, -0.1) is 0 Å². The van der Waals surface area contributed by atoms with E-state index < -0.39 is 0 Å². The van der Waals surface area contributed by atoms with Crippen molar-refractivity contribution in [3.63, 3.8) is 0 Å². The SMILES string of the molecule is COC(=O)c1c(Cc2ccc(Br)cc2O)ccc2ccccc12. The van der Waals surface area contributed by atoms with Crippen LogP contribution in [-0.2, 0) is 11.2 Å². The van der Waals surface area contributed by atoms with Gasteiger partial charge < -0.3 is 9.84 Å². The van der Waals surface area contributed by atoms with Crippen LogP contribution in [-0.4, -0.2) is 18.2 Å². The molecule has 0 aliphatic carbocycles. The highest BCUT2D eigenvalue weighted by Crippen LogP contribution is 2.29. The molecule has 1 N–H and O–H groups in total. The molecule has 0 radical (unpaired) electrons. The van der Waals surface area contributed by atoms with E-state index in [2.05, 4.69) is 15.9 Å². The van der Waals surface area contributed by atoms with Gasteiger partial charge in [-0.3, -0.25) is 0 Å². The quantitative estimate of drug-likeness (QED) is 0.680. The molecule has 3 aromatic rings. The highest BCUT2D eigenvalue weighted by molar-refractivity contribution is 9.10. The molecule has 3 nitrogen and oxygen atoms in total. The van der Waals surface area contributed by atoms with Gasteiger partial charge in [0.2, 0.25) is 0 Å². The summed E-state index contributed by atoms with van der Waals surface area (Å²) < 4.78 is 5.77. The number of carbonyl (C=O) groups excluding carboxylic acids is 1. The van der Waals surface area contributed by atoms with Gasteiger partial charge in [0.25, 0.3) is 0 Å². The smallest absolute Gasteiger partial charge is 0.338 e. The number of methoxy groups -OCH3 is 1. The van der Waals surface area contributed by atoms with Crippen molar-refractivity contribution < 1.29 is 14.6 Å². The summed E-state index contributed by atoms with van der Waals surface area (Å²) >= 11 is 3.33. The number of phenolic OH excluding ortho intramolecular Hbond substituents is 1. The minimum absolute atomic E-state index is 0.198. The van der Waals surface area contributed by atoms with E-state index in [0.29, 0.717) is 12.0 Å². The maximum Gasteiger partial charge on any atom is 0.338 e. The van der Waals surface area contributed by atoms with E-state index in [-0.39, 0.29) is 11.7 Å². The van der Waals surface area contributed by atoms with Crippen LogP contribution in [0.4, 0.5) is 0 Å². The Morgan fingerprint density at radius 3 is 2.57 bits per heavy atom. The fourth-order valence-corrected chi connectivity index (χ4v) is 3.05. The highest BCUT2D eigenvalue weighted by Gasteiger charge is 2.17. The number of phenols is 1. The molecule has 0 amide bonds. The first kappa shape index (κ1) is 15.6. The average molecular weight is 371 g/mol. The fourth-order valence-electron chi connectivity index (χ4n) is 2.70. The minimum atomic E-state index is -0.367. The molecule has 0 saturated heterocycles. The van der Waals surface area contributed by atoms with Crippen molar-refractivity contribution in [1.29, 1.82) is 0 Å². The Hall–Kier alpha value is -2.33. The lowest BCUT2D eigenvalue weighted by atomic mass is 9.94. The Labute approximate surface area is 142 Å². The van der Waals surface area contributed by atoms with Gasteiger partial charge in [-0.25, -0.2) is 4.79 Å². The van der Waals surface area contributed by atoms with Crippen LogP contribution in [0.2, 0.25) is 0 Å². The number of benzene rings is 3. The monoisotopic (exact) mass is 370 g/mol. The van der Waals surface area contributed by atoms with Crippen LogP contribution in [0.25, 0.3) is 10.8 Å². The number of hydrogen-bond donors (Lipinski definition) is 1. The standard InChI is InChI=1S/C19H15BrO3/c1-23-19(22)18-14(7-6-12-4-2-3-5-16(12)18)10-13-8-9-15(20)11-17(13)21/h2-9,11,21H,10H2,1H3. The Morgan fingerprint density at radius 1 is 1.09 bits per heavy atom. The molecule has 0 heterocycles. The third kappa shape index (κ3) is 3.08. The van der Waals surface area contributed by atoms with Crippen molar-refractivity contribution in [2.45, 2.75) is 6.42 Å². The molecule has 116 valence electrons. The van der Waals surface area contributed by atoms with Crippen molar-refractivity contribution >= 4 is 32.7 Å². The maximum absolute atomic E-state index is 12.3. The topological polar surface area (TPSA) is 46.5 Å². The molecule has 4 heteroatoms. The summed E-state index contributed by atoms with van der Waals surface area (Å²) in [5.41, 5.74) is 2.13. The second-order valence-electron chi connectivity index (χ2n) is 5.26. The van der Waals surface area contributed by atoms with Crippen LogP contribution in [0.5, 0.6) is 5.75 Å². The Kier molecular flexibility index (Phi) is 4.35. The Morgan fingerprint density at radius 2 is 1.83 bits per heavy atom. The zero-order valence-corrected chi connectivity index (χ0v) is 14.1. The van der Waals surface area contributed by atoms with E-state index in [4.69, 9.17) is 4.74 Å². The fraction of sp³-hybridized carbons (Fsp3) is 0.105. The molecular formula is C19H15BrO3. The van der Waals surface area contributed by atoms with Gasteiger partial charge in [0.15, 0.2) is 0 Å². The van der Waals surface area contributed by atoms with E-state index in [9.17, 15) is 9.90 Å². The molecule has 0 aromatic heterocycles. The van der Waals surface area contributed by atoms with E-state index in [1.54, 1.807) is 6.07 Å². The second kappa shape index (κ2) is 6.42. The molecule has 0 spiro atoms. The van der Waals surface area contributed by atoms with Crippen LogP contribution in [0.1, 0.15) is 21.5 Å². The summed E-state index contributed by atoms with van der Waals surface area (Å²) in [5.74, 6) is -0.170. The first-order valence-corrected chi connectivity index (χ1v) is 7.96. The summed E-state index contributed by atoms with van der Waals surface area (Å²) in [4.78, 5) is 12.3. The van der Waals surface area contributed by atoms with E-state index in [1.807, 2.05) is 48.5 Å². The largest absolute Gasteiger partial charge is 0.508 e. The number of rotatable bonds is 3. The number of hydrogen-bond acceptors (Lipinski definition) is 3. The molecule has 0 atom stereocenters. The number of esters is 1. The maximum atomic E-state index is 12.3. The van der Waals surface area contributed by atoms with Gasteiger partial charge >= 0.3 is 5.97 Å². The minimum Gasteiger partial charge on any atom is -0.508 e. The lowest BCUT2D eigenvalue weighted by Gasteiger charge is -2.12. The van der Waals surface area contributed by atoms with Crippen LogP contribution in [0.15, 0.2) is 59.1 Å². The zero-order chi connectivity index (χ0) is 16.4. The van der Waals surface area contributed by atoms with Gasteiger partial charge in [-0.1, -0.05) is 58.4 Å². The summed E-state index contributed by atoms with van der Waals surface area (Å²) in [6.07, 6.45) is 0.453. The molecule has 0 bridgehead atoms. The second-order valence-corrected chi connectivity index (χ2v) is 6.18. The molecule has 0 aliphatic heterocycles. The number of aromatic hydroxyl groups is 1. The summed E-state index contributed by atoms with van der Waals surface area (Å²) in [5, 5.41) is 11.9. The van der Waals surface area contributed by atoms with E-state index >= 15 is 0 Å². The lowest BCUT2D eigenvalue weighted by molar-refractivity contribution is 0.0602. The van der Waals surface area contributed by atoms with Gasteiger partial charge in [0.05, 0.1) is 12.7 Å². The Bertz CT molecular complexity index is 887. The van der Waals surface area contributed by atoms with Crippen molar-refractivity contribution in [3.05, 3.63) is 75.8 Å². The van der Waals surface area contributed by atoms with Crippen molar-refractivity contribution in [2.75, 3.05) is 7.11 Å². The Balaban J connectivity index is 2.15. The first-order valence-electron chi connectivity index (χ1n) is 7.16. The molecular weight excluding hydrogens is 356 g/mol. The van der Waals surface area contributed by atoms with Gasteiger partial charge in [0, 0.05) is 10.9 Å². The van der Waals surface area contributed by atoms with Gasteiger partial charge in [0.1, 0.15) is 5.75 Å². The number of fused-ring (bicyclic) bond motifs is 1. The molecule has 0 aliphatic rings. The van der Waals surface area contributed by atoms with E-state index in [0.717, 1.165) is 26.4 Å². The predicted molar refractivity (Wildman–Crippen MR) is 93.9 cm³/mol. The highest BCUT2D eigenvalue weighted by atomic mass is 79.9. The first-order chi connectivity index (χ1) is 11.1. The molecule has 3 aromatic carbocycles. The van der Waals surface area contributed by atoms with Crippen molar-refractivity contribution in [3.8, 4) is 5.75 Å². The normalized spacial score (nSPS) is 10.7. The van der Waals surface area contributed by atoms with Crippen LogP contribution in [0, 0.1) is 0 Å². The molecule has 23 heavy (non-hydrogen) atoms. The lowest BCUT2D eigenvalue weighted by Crippen LogP contribution is -2.07. The van der Waals surface area contributed by atoms with Crippen molar-refractivity contribution in [1.82, 2.24) is 0 Å². The van der Waals surface area contributed by atoms with Crippen LogP contribution in [0.3, 0.4) is 0 Å². The van der Waals surface area contributed by atoms with Gasteiger partial charge in [-0.05, 0) is 34.0 Å². The average Bonchev–Trinajstić information content (AvgIpc) is 2.56. The third-order valence-corrected chi connectivity index (χ3v) is 4.33. The summed E-state index contributed by atoms with van der Waals surface area (Å²) in [6.45, 7) is 0. The summed E-state index contributed by atoms with van der Waals surface area (Å²) in [7, 11) is 1.38. The summed E-state index contributed by atoms with van der Waals surface area (Å²) in [6, 6.07) is 17.0. The number of carbonyl (C=O) groups is 1. The van der Waals surface area contributed by atoms with Gasteiger partial charge in [-0.2, -0.15) is 0 Å². The van der Waals surface area contributed by atoms with Crippen molar-refractivity contribution in [2.24, 2.45) is 0 Å². The molecule has 0 unspecified atom stereocenters. The van der Waals surface area contributed by atoms with Crippen LogP contribution >= 0.6 is 15.9 Å². The third-order valence-electron chi connectivity index (χ3n) is 3.83. The molecule has 3 rings (SSSR count). The number of ether oxygens (including phenoxy) is 1. The molecule has 0 fully saturated rings. The van der Waals surface area contributed by atoms with Crippen LogP contribution < -0.4 is 0 Å².